The number of halogens is 3. The third-order valence-electron chi connectivity index (χ3n) is 3.87. The highest BCUT2D eigenvalue weighted by molar-refractivity contribution is 4.93. The van der Waals surface area contributed by atoms with Crippen molar-refractivity contribution in [1.82, 2.24) is 10.2 Å². The summed E-state index contributed by atoms with van der Waals surface area (Å²) >= 11 is 0. The second kappa shape index (κ2) is 6.90. The molecule has 0 bridgehead atoms. The van der Waals surface area contributed by atoms with Crippen LogP contribution in [-0.2, 0) is 4.74 Å². The Bertz CT molecular complexity index is 273. The summed E-state index contributed by atoms with van der Waals surface area (Å²) in [5.74, 6) is 0. The van der Waals surface area contributed by atoms with Gasteiger partial charge in [0.15, 0.2) is 0 Å². The average Bonchev–Trinajstić information content (AvgIpc) is 2.34. The van der Waals surface area contributed by atoms with E-state index in [-0.39, 0.29) is 12.1 Å². The summed E-state index contributed by atoms with van der Waals surface area (Å²) in [5.41, 5.74) is 0.0513. The molecule has 3 nitrogen and oxygen atoms in total. The van der Waals surface area contributed by atoms with Gasteiger partial charge in [-0.2, -0.15) is 13.2 Å². The lowest BCUT2D eigenvalue weighted by Gasteiger charge is -2.46. The molecule has 0 aromatic rings. The van der Waals surface area contributed by atoms with E-state index in [0.717, 1.165) is 25.9 Å². The highest BCUT2D eigenvalue weighted by atomic mass is 19.4. The monoisotopic (exact) mass is 282 g/mol. The first-order valence-corrected chi connectivity index (χ1v) is 6.93. The predicted molar refractivity (Wildman–Crippen MR) is 69.2 cm³/mol. The molecule has 2 unspecified atom stereocenters. The van der Waals surface area contributed by atoms with Crippen molar-refractivity contribution in [3.05, 3.63) is 0 Å². The highest BCUT2D eigenvalue weighted by Crippen LogP contribution is 2.20. The molecule has 0 aromatic heterocycles. The van der Waals surface area contributed by atoms with Gasteiger partial charge in [0.2, 0.25) is 0 Å². The fourth-order valence-electron chi connectivity index (χ4n) is 2.40. The van der Waals surface area contributed by atoms with E-state index in [1.54, 1.807) is 0 Å². The molecule has 1 N–H and O–H groups in total. The normalized spacial score (nSPS) is 29.7. The van der Waals surface area contributed by atoms with Crippen molar-refractivity contribution in [3.8, 4) is 0 Å². The first-order chi connectivity index (χ1) is 8.79. The summed E-state index contributed by atoms with van der Waals surface area (Å²) in [6, 6.07) is 0.383. The highest BCUT2D eigenvalue weighted by Gasteiger charge is 2.33. The van der Waals surface area contributed by atoms with E-state index in [0.29, 0.717) is 12.6 Å². The average molecular weight is 282 g/mol. The third kappa shape index (κ3) is 5.67. The van der Waals surface area contributed by atoms with Crippen molar-refractivity contribution in [2.75, 3.05) is 32.8 Å². The molecular formula is C13H25F3N2O. The summed E-state index contributed by atoms with van der Waals surface area (Å²) in [7, 11) is 0. The summed E-state index contributed by atoms with van der Waals surface area (Å²) in [6.45, 7) is 7.67. The summed E-state index contributed by atoms with van der Waals surface area (Å²) in [4.78, 5) is 2.25. The first-order valence-electron chi connectivity index (χ1n) is 6.93. The maximum Gasteiger partial charge on any atom is 0.411 e. The number of piperazine rings is 1. The predicted octanol–water partition coefficient (Wildman–Crippen LogP) is 2.42. The minimum Gasteiger partial charge on any atom is -0.371 e. The van der Waals surface area contributed by atoms with Gasteiger partial charge in [-0.25, -0.2) is 0 Å². The molecule has 1 fully saturated rings. The van der Waals surface area contributed by atoms with Gasteiger partial charge in [-0.15, -0.1) is 0 Å². The van der Waals surface area contributed by atoms with Crippen LogP contribution in [0.4, 0.5) is 13.2 Å². The molecule has 2 atom stereocenters. The van der Waals surface area contributed by atoms with E-state index >= 15 is 0 Å². The van der Waals surface area contributed by atoms with E-state index < -0.39 is 12.8 Å². The number of nitrogens with zero attached hydrogens (tertiary/aromatic N) is 1. The second-order valence-electron chi connectivity index (χ2n) is 5.50. The molecule has 0 spiro atoms. The Morgan fingerprint density at radius 1 is 1.37 bits per heavy atom. The van der Waals surface area contributed by atoms with Crippen molar-refractivity contribution in [2.24, 2.45) is 0 Å². The van der Waals surface area contributed by atoms with Gasteiger partial charge in [0, 0.05) is 31.2 Å². The molecule has 0 saturated carbocycles. The van der Waals surface area contributed by atoms with E-state index in [2.05, 4.69) is 31.0 Å². The Balaban J connectivity index is 2.39. The van der Waals surface area contributed by atoms with Gasteiger partial charge >= 0.3 is 6.18 Å². The second-order valence-corrected chi connectivity index (χ2v) is 5.50. The van der Waals surface area contributed by atoms with Crippen LogP contribution in [0.2, 0.25) is 0 Å². The molecule has 0 radical (unpaired) electrons. The molecule has 1 aliphatic rings. The molecule has 0 amide bonds. The van der Waals surface area contributed by atoms with Crippen molar-refractivity contribution in [2.45, 2.75) is 51.4 Å². The fraction of sp³-hybridized carbons (Fsp3) is 1.00. The quantitative estimate of drug-likeness (QED) is 0.757. The number of nitrogens with one attached hydrogen (secondary N) is 1. The number of ether oxygens (including phenoxy) is 1. The minimum atomic E-state index is -4.23. The lowest BCUT2D eigenvalue weighted by atomic mass is 9.93. The zero-order chi connectivity index (χ0) is 14.5. The Morgan fingerprint density at radius 2 is 2.05 bits per heavy atom. The van der Waals surface area contributed by atoms with Crippen LogP contribution in [0, 0.1) is 0 Å². The minimum absolute atomic E-state index is 0.0513. The smallest absolute Gasteiger partial charge is 0.371 e. The lowest BCUT2D eigenvalue weighted by Crippen LogP contribution is -2.62. The van der Waals surface area contributed by atoms with E-state index in [4.69, 9.17) is 4.74 Å². The lowest BCUT2D eigenvalue weighted by molar-refractivity contribution is -0.175. The molecule has 1 saturated heterocycles. The molecule has 1 rings (SSSR count). The van der Waals surface area contributed by atoms with Crippen molar-refractivity contribution in [1.29, 1.82) is 0 Å². The van der Waals surface area contributed by atoms with Crippen LogP contribution in [0.25, 0.3) is 0 Å². The number of alkyl halides is 3. The van der Waals surface area contributed by atoms with E-state index in [1.807, 2.05) is 0 Å². The topological polar surface area (TPSA) is 24.5 Å². The van der Waals surface area contributed by atoms with Gasteiger partial charge in [0.1, 0.15) is 6.61 Å². The first kappa shape index (κ1) is 16.7. The Hall–Kier alpha value is -0.330. The Labute approximate surface area is 113 Å². The third-order valence-corrected chi connectivity index (χ3v) is 3.87. The van der Waals surface area contributed by atoms with Crippen LogP contribution in [0.5, 0.6) is 0 Å². The van der Waals surface area contributed by atoms with Crippen molar-refractivity contribution >= 4 is 0 Å². The van der Waals surface area contributed by atoms with Gasteiger partial charge in [-0.3, -0.25) is 4.90 Å². The maximum absolute atomic E-state index is 12.0. The molecule has 114 valence electrons. The zero-order valence-electron chi connectivity index (χ0n) is 12.0. The number of hydrogen-bond donors (Lipinski definition) is 1. The van der Waals surface area contributed by atoms with Gasteiger partial charge in [0.25, 0.3) is 0 Å². The van der Waals surface area contributed by atoms with Gasteiger partial charge < -0.3 is 10.1 Å². The van der Waals surface area contributed by atoms with Crippen LogP contribution < -0.4 is 5.32 Å². The van der Waals surface area contributed by atoms with E-state index in [1.165, 1.54) is 0 Å². The largest absolute Gasteiger partial charge is 0.411 e. The van der Waals surface area contributed by atoms with Crippen LogP contribution >= 0.6 is 0 Å². The van der Waals surface area contributed by atoms with Gasteiger partial charge in [-0.1, -0.05) is 13.8 Å². The summed E-state index contributed by atoms with van der Waals surface area (Å²) in [5, 5.41) is 3.53. The molecule has 0 aromatic carbocycles. The SMILES string of the molecule is CCC1CNC(C)(CC)CN1CCOCC(F)(F)F. The Kier molecular flexibility index (Phi) is 6.08. The van der Waals surface area contributed by atoms with Crippen LogP contribution in [-0.4, -0.2) is 55.5 Å². The summed E-state index contributed by atoms with van der Waals surface area (Å²) in [6.07, 6.45) is -2.24. The van der Waals surface area contributed by atoms with Crippen molar-refractivity contribution in [3.63, 3.8) is 0 Å². The zero-order valence-corrected chi connectivity index (χ0v) is 12.0. The van der Waals surface area contributed by atoms with E-state index in [9.17, 15) is 13.2 Å². The van der Waals surface area contributed by atoms with Crippen LogP contribution in [0.1, 0.15) is 33.6 Å². The van der Waals surface area contributed by atoms with Crippen molar-refractivity contribution < 1.29 is 17.9 Å². The molecule has 19 heavy (non-hydrogen) atoms. The standard InChI is InChI=1S/C13H25F3N2O/c1-4-11-8-17-12(3,5-2)9-18(11)6-7-19-10-13(14,15)16/h11,17H,4-10H2,1-3H3. The van der Waals surface area contributed by atoms with Gasteiger partial charge in [0.05, 0.1) is 6.61 Å². The van der Waals surface area contributed by atoms with Crippen LogP contribution in [0.15, 0.2) is 0 Å². The maximum atomic E-state index is 12.0. The molecular weight excluding hydrogens is 257 g/mol. The summed E-state index contributed by atoms with van der Waals surface area (Å²) < 4.78 is 40.7. The Morgan fingerprint density at radius 3 is 2.58 bits per heavy atom. The van der Waals surface area contributed by atoms with Gasteiger partial charge in [-0.05, 0) is 19.8 Å². The van der Waals surface area contributed by atoms with Crippen LogP contribution in [0.3, 0.4) is 0 Å². The number of rotatable bonds is 6. The molecule has 1 aliphatic heterocycles. The molecule has 1 heterocycles. The number of hydrogen-bond acceptors (Lipinski definition) is 3. The fourth-order valence-corrected chi connectivity index (χ4v) is 2.40. The molecule has 6 heteroatoms. The molecule has 0 aliphatic carbocycles.